The summed E-state index contributed by atoms with van der Waals surface area (Å²) in [5, 5.41) is 11.7. The van der Waals surface area contributed by atoms with Crippen molar-refractivity contribution < 1.29 is 18.3 Å². The smallest absolute Gasteiger partial charge is 0.243 e. The van der Waals surface area contributed by atoms with Crippen LogP contribution in [0.15, 0.2) is 29.2 Å². The standard InChI is InChI=1S/C16H27N3O4S/c1-4-18(11-12-20)13-16(21)17-14-7-9-15(10-8-14)24(22,23)19(5-2)6-3/h7-10,20H,4-6,11-13H2,1-3H3,(H,17,21). The molecule has 0 radical (unpaired) electrons. The first kappa shape index (κ1) is 20.6. The number of hydrogen-bond acceptors (Lipinski definition) is 5. The predicted molar refractivity (Wildman–Crippen MR) is 94.4 cm³/mol. The summed E-state index contributed by atoms with van der Waals surface area (Å²) < 4.78 is 26.2. The van der Waals surface area contributed by atoms with Crippen LogP contribution in [-0.2, 0) is 14.8 Å². The number of benzene rings is 1. The molecular formula is C16H27N3O4S. The van der Waals surface area contributed by atoms with Gasteiger partial charge in [-0.3, -0.25) is 9.69 Å². The van der Waals surface area contributed by atoms with E-state index in [4.69, 9.17) is 5.11 Å². The number of likely N-dealkylation sites (N-methyl/N-ethyl adjacent to an activating group) is 1. The molecule has 2 N–H and O–H groups in total. The third-order valence-corrected chi connectivity index (χ3v) is 5.78. The van der Waals surface area contributed by atoms with Crippen LogP contribution in [0.5, 0.6) is 0 Å². The van der Waals surface area contributed by atoms with Crippen molar-refractivity contribution in [2.24, 2.45) is 0 Å². The number of aliphatic hydroxyl groups is 1. The van der Waals surface area contributed by atoms with Crippen LogP contribution in [-0.4, -0.2) is 68.0 Å². The fraction of sp³-hybridized carbons (Fsp3) is 0.562. The minimum absolute atomic E-state index is 0.000959. The van der Waals surface area contributed by atoms with Gasteiger partial charge in [0.1, 0.15) is 0 Å². The fourth-order valence-electron chi connectivity index (χ4n) is 2.32. The molecule has 0 aliphatic carbocycles. The van der Waals surface area contributed by atoms with Crippen molar-refractivity contribution in [3.63, 3.8) is 0 Å². The lowest BCUT2D eigenvalue weighted by atomic mass is 10.3. The summed E-state index contributed by atoms with van der Waals surface area (Å²) >= 11 is 0. The molecule has 0 aliphatic rings. The van der Waals surface area contributed by atoms with E-state index in [9.17, 15) is 13.2 Å². The second-order valence-corrected chi connectivity index (χ2v) is 7.19. The van der Waals surface area contributed by atoms with Crippen molar-refractivity contribution >= 4 is 21.6 Å². The molecule has 0 unspecified atom stereocenters. The van der Waals surface area contributed by atoms with E-state index in [0.717, 1.165) is 0 Å². The zero-order valence-corrected chi connectivity index (χ0v) is 15.3. The molecule has 1 aromatic carbocycles. The zero-order valence-electron chi connectivity index (χ0n) is 14.5. The van der Waals surface area contributed by atoms with Crippen molar-refractivity contribution in [2.75, 3.05) is 44.6 Å². The monoisotopic (exact) mass is 357 g/mol. The van der Waals surface area contributed by atoms with E-state index in [0.29, 0.717) is 31.9 Å². The number of anilines is 1. The van der Waals surface area contributed by atoms with Gasteiger partial charge >= 0.3 is 0 Å². The number of carbonyl (C=O) groups is 1. The van der Waals surface area contributed by atoms with Crippen molar-refractivity contribution in [3.8, 4) is 0 Å². The Morgan fingerprint density at radius 1 is 1.08 bits per heavy atom. The van der Waals surface area contributed by atoms with E-state index in [1.54, 1.807) is 26.0 Å². The Morgan fingerprint density at radius 2 is 1.67 bits per heavy atom. The van der Waals surface area contributed by atoms with E-state index >= 15 is 0 Å². The van der Waals surface area contributed by atoms with Crippen LogP contribution < -0.4 is 5.32 Å². The zero-order chi connectivity index (χ0) is 18.2. The first-order valence-corrected chi connectivity index (χ1v) is 9.56. The normalized spacial score (nSPS) is 11.9. The van der Waals surface area contributed by atoms with Crippen LogP contribution >= 0.6 is 0 Å². The summed E-state index contributed by atoms with van der Waals surface area (Å²) in [6.07, 6.45) is 0. The van der Waals surface area contributed by atoms with Gasteiger partial charge in [-0.1, -0.05) is 20.8 Å². The van der Waals surface area contributed by atoms with Crippen molar-refractivity contribution in [1.29, 1.82) is 0 Å². The Labute approximate surface area is 144 Å². The molecule has 0 heterocycles. The Morgan fingerprint density at radius 3 is 2.12 bits per heavy atom. The summed E-state index contributed by atoms with van der Waals surface area (Å²) in [5.74, 6) is -0.204. The van der Waals surface area contributed by atoms with Gasteiger partial charge in [0, 0.05) is 25.3 Å². The molecule has 0 bridgehead atoms. The van der Waals surface area contributed by atoms with Gasteiger partial charge in [0.15, 0.2) is 0 Å². The highest BCUT2D eigenvalue weighted by Gasteiger charge is 2.21. The molecule has 0 fully saturated rings. The molecule has 136 valence electrons. The van der Waals surface area contributed by atoms with Gasteiger partial charge in [0.25, 0.3) is 0 Å². The Hall–Kier alpha value is -1.48. The topological polar surface area (TPSA) is 90.0 Å². The van der Waals surface area contributed by atoms with E-state index in [1.807, 2.05) is 11.8 Å². The molecule has 1 amide bonds. The van der Waals surface area contributed by atoms with Crippen molar-refractivity contribution in [3.05, 3.63) is 24.3 Å². The maximum atomic E-state index is 12.4. The second kappa shape index (κ2) is 9.73. The average molecular weight is 357 g/mol. The van der Waals surface area contributed by atoms with Crippen LogP contribution in [0.2, 0.25) is 0 Å². The number of rotatable bonds is 10. The lowest BCUT2D eigenvalue weighted by Gasteiger charge is -2.19. The quantitative estimate of drug-likeness (QED) is 0.651. The number of amides is 1. The lowest BCUT2D eigenvalue weighted by Crippen LogP contribution is -2.35. The SMILES string of the molecule is CCN(CCO)CC(=O)Nc1ccc(S(=O)(=O)N(CC)CC)cc1. The Bertz CT molecular complexity index is 613. The molecular weight excluding hydrogens is 330 g/mol. The average Bonchev–Trinajstić information content (AvgIpc) is 2.55. The maximum Gasteiger partial charge on any atom is 0.243 e. The third kappa shape index (κ3) is 5.55. The highest BCUT2D eigenvalue weighted by molar-refractivity contribution is 7.89. The lowest BCUT2D eigenvalue weighted by molar-refractivity contribution is -0.117. The summed E-state index contributed by atoms with van der Waals surface area (Å²) in [6.45, 7) is 7.60. The van der Waals surface area contributed by atoms with Gasteiger partial charge in [-0.15, -0.1) is 0 Å². The van der Waals surface area contributed by atoms with E-state index in [1.165, 1.54) is 16.4 Å². The van der Waals surface area contributed by atoms with Gasteiger partial charge < -0.3 is 10.4 Å². The molecule has 1 rings (SSSR count). The highest BCUT2D eigenvalue weighted by Crippen LogP contribution is 2.18. The third-order valence-electron chi connectivity index (χ3n) is 3.71. The summed E-state index contributed by atoms with van der Waals surface area (Å²) in [4.78, 5) is 14.0. The number of carbonyl (C=O) groups excluding carboxylic acids is 1. The van der Waals surface area contributed by atoms with Gasteiger partial charge in [0.2, 0.25) is 15.9 Å². The van der Waals surface area contributed by atoms with Gasteiger partial charge in [-0.2, -0.15) is 4.31 Å². The van der Waals surface area contributed by atoms with Gasteiger partial charge in [-0.25, -0.2) is 8.42 Å². The van der Waals surface area contributed by atoms with E-state index in [2.05, 4.69) is 5.32 Å². The van der Waals surface area contributed by atoms with Crippen molar-refractivity contribution in [1.82, 2.24) is 9.21 Å². The molecule has 8 heteroatoms. The Balaban J connectivity index is 2.76. The number of nitrogens with zero attached hydrogens (tertiary/aromatic N) is 2. The molecule has 0 saturated heterocycles. The molecule has 1 aromatic rings. The summed E-state index contributed by atoms with van der Waals surface area (Å²) in [6, 6.07) is 6.15. The van der Waals surface area contributed by atoms with Crippen molar-refractivity contribution in [2.45, 2.75) is 25.7 Å². The van der Waals surface area contributed by atoms with Crippen LogP contribution in [0.4, 0.5) is 5.69 Å². The number of aliphatic hydroxyl groups excluding tert-OH is 1. The van der Waals surface area contributed by atoms with Crippen LogP contribution in [0.25, 0.3) is 0 Å². The van der Waals surface area contributed by atoms with Gasteiger partial charge in [-0.05, 0) is 30.8 Å². The minimum Gasteiger partial charge on any atom is -0.395 e. The number of nitrogens with one attached hydrogen (secondary N) is 1. The van der Waals surface area contributed by atoms with Crippen LogP contribution in [0, 0.1) is 0 Å². The van der Waals surface area contributed by atoms with Crippen LogP contribution in [0.3, 0.4) is 0 Å². The minimum atomic E-state index is -3.49. The predicted octanol–water partition coefficient (Wildman–Crippen LogP) is 0.970. The summed E-state index contributed by atoms with van der Waals surface area (Å²) in [7, 11) is -3.49. The highest BCUT2D eigenvalue weighted by atomic mass is 32.2. The maximum absolute atomic E-state index is 12.4. The molecule has 7 nitrogen and oxygen atoms in total. The molecule has 0 atom stereocenters. The molecule has 24 heavy (non-hydrogen) atoms. The van der Waals surface area contributed by atoms with Gasteiger partial charge in [0.05, 0.1) is 18.0 Å². The second-order valence-electron chi connectivity index (χ2n) is 5.25. The summed E-state index contributed by atoms with van der Waals surface area (Å²) in [5.41, 5.74) is 0.540. The number of hydrogen-bond donors (Lipinski definition) is 2. The molecule has 0 saturated carbocycles. The molecule has 0 spiro atoms. The molecule has 0 aromatic heterocycles. The first-order chi connectivity index (χ1) is 11.4. The number of sulfonamides is 1. The molecule has 0 aliphatic heterocycles. The first-order valence-electron chi connectivity index (χ1n) is 8.12. The van der Waals surface area contributed by atoms with E-state index < -0.39 is 10.0 Å². The van der Waals surface area contributed by atoms with Crippen LogP contribution in [0.1, 0.15) is 20.8 Å². The largest absolute Gasteiger partial charge is 0.395 e. The Kier molecular flexibility index (Phi) is 8.34. The fourth-order valence-corrected chi connectivity index (χ4v) is 3.77. The van der Waals surface area contributed by atoms with E-state index in [-0.39, 0.29) is 24.0 Å².